The van der Waals surface area contributed by atoms with Gasteiger partial charge in [0.05, 0.1) is 12.3 Å². The van der Waals surface area contributed by atoms with Gasteiger partial charge in [-0.3, -0.25) is 0 Å². The third kappa shape index (κ3) is 3.53. The van der Waals surface area contributed by atoms with Crippen molar-refractivity contribution in [3.63, 3.8) is 0 Å². The zero-order valence-electron chi connectivity index (χ0n) is 10.3. The maximum absolute atomic E-state index is 6.04. The first-order valence-corrected chi connectivity index (χ1v) is 6.86. The van der Waals surface area contributed by atoms with Crippen LogP contribution in [0.1, 0.15) is 39.0 Å². The molecule has 0 atom stereocenters. The van der Waals surface area contributed by atoms with E-state index in [2.05, 4.69) is 5.32 Å². The molecule has 1 aromatic carbocycles. The summed E-state index contributed by atoms with van der Waals surface area (Å²) >= 11 is 6.04. The van der Waals surface area contributed by atoms with Crippen LogP contribution in [0, 0.1) is 0 Å². The summed E-state index contributed by atoms with van der Waals surface area (Å²) < 4.78 is 5.61. The van der Waals surface area contributed by atoms with E-state index in [0.717, 1.165) is 16.5 Å². The molecule has 0 bridgehead atoms. The second-order valence-electron chi connectivity index (χ2n) is 4.55. The number of hydrogen-bond donors (Lipinski definition) is 1. The topological polar surface area (TPSA) is 21.3 Å². The maximum atomic E-state index is 6.04. The fraction of sp³-hybridized carbons (Fsp3) is 0.571. The van der Waals surface area contributed by atoms with Crippen LogP contribution in [-0.4, -0.2) is 12.6 Å². The summed E-state index contributed by atoms with van der Waals surface area (Å²) in [5.41, 5.74) is 1.03. The normalized spacial score (nSPS) is 16.8. The molecule has 0 amide bonds. The SMILES string of the molecule is CCOc1ccc(Cl)cc1NC1CCCCC1. The lowest BCUT2D eigenvalue weighted by Gasteiger charge is -2.25. The molecule has 0 heterocycles. The summed E-state index contributed by atoms with van der Waals surface area (Å²) in [6, 6.07) is 6.35. The van der Waals surface area contributed by atoms with Gasteiger partial charge in [-0.1, -0.05) is 30.9 Å². The Labute approximate surface area is 108 Å². The molecule has 3 heteroatoms. The Morgan fingerprint density at radius 3 is 2.76 bits per heavy atom. The highest BCUT2D eigenvalue weighted by molar-refractivity contribution is 6.30. The van der Waals surface area contributed by atoms with E-state index >= 15 is 0 Å². The first kappa shape index (κ1) is 12.6. The van der Waals surface area contributed by atoms with E-state index in [-0.39, 0.29) is 0 Å². The van der Waals surface area contributed by atoms with Crippen LogP contribution in [0.2, 0.25) is 5.02 Å². The van der Waals surface area contributed by atoms with Gasteiger partial charge in [0.25, 0.3) is 0 Å². The molecule has 17 heavy (non-hydrogen) atoms. The number of ether oxygens (including phenoxy) is 1. The van der Waals surface area contributed by atoms with Crippen molar-refractivity contribution in [2.45, 2.75) is 45.1 Å². The first-order valence-electron chi connectivity index (χ1n) is 6.48. The number of halogens is 1. The van der Waals surface area contributed by atoms with Gasteiger partial charge >= 0.3 is 0 Å². The third-order valence-electron chi connectivity index (χ3n) is 3.21. The highest BCUT2D eigenvalue weighted by atomic mass is 35.5. The average Bonchev–Trinajstić information content (AvgIpc) is 2.34. The van der Waals surface area contributed by atoms with Crippen molar-refractivity contribution in [3.8, 4) is 5.75 Å². The van der Waals surface area contributed by atoms with Gasteiger partial charge in [0.15, 0.2) is 0 Å². The smallest absolute Gasteiger partial charge is 0.142 e. The molecule has 1 aromatic rings. The van der Waals surface area contributed by atoms with E-state index in [0.29, 0.717) is 12.6 Å². The van der Waals surface area contributed by atoms with Gasteiger partial charge in [-0.2, -0.15) is 0 Å². The Bertz CT molecular complexity index is 361. The van der Waals surface area contributed by atoms with E-state index in [1.807, 2.05) is 25.1 Å². The van der Waals surface area contributed by atoms with Crippen molar-refractivity contribution in [3.05, 3.63) is 23.2 Å². The van der Waals surface area contributed by atoms with Crippen molar-refractivity contribution in [1.29, 1.82) is 0 Å². The summed E-state index contributed by atoms with van der Waals surface area (Å²) in [6.07, 6.45) is 6.51. The van der Waals surface area contributed by atoms with Crippen LogP contribution < -0.4 is 10.1 Å². The second kappa shape index (κ2) is 6.15. The Balaban J connectivity index is 2.08. The first-order chi connectivity index (χ1) is 8.29. The van der Waals surface area contributed by atoms with Crippen LogP contribution in [0.5, 0.6) is 5.75 Å². The van der Waals surface area contributed by atoms with Gasteiger partial charge in [0.1, 0.15) is 5.75 Å². The van der Waals surface area contributed by atoms with Crippen molar-refractivity contribution < 1.29 is 4.74 Å². The molecule has 1 N–H and O–H groups in total. The molecule has 2 rings (SSSR count). The fourth-order valence-corrected chi connectivity index (χ4v) is 2.54. The highest BCUT2D eigenvalue weighted by Gasteiger charge is 2.15. The van der Waals surface area contributed by atoms with Crippen molar-refractivity contribution in [2.24, 2.45) is 0 Å². The van der Waals surface area contributed by atoms with Crippen LogP contribution in [0.25, 0.3) is 0 Å². The highest BCUT2D eigenvalue weighted by Crippen LogP contribution is 2.31. The summed E-state index contributed by atoms with van der Waals surface area (Å²) in [5.74, 6) is 0.905. The number of nitrogens with one attached hydrogen (secondary N) is 1. The van der Waals surface area contributed by atoms with E-state index < -0.39 is 0 Å². The lowest BCUT2D eigenvalue weighted by molar-refractivity contribution is 0.341. The summed E-state index contributed by atoms with van der Waals surface area (Å²) in [5, 5.41) is 4.32. The molecule has 2 nitrogen and oxygen atoms in total. The Hall–Kier alpha value is -0.890. The standard InChI is InChI=1S/C14H20ClNO/c1-2-17-14-9-8-11(15)10-13(14)16-12-6-4-3-5-7-12/h8-10,12,16H,2-7H2,1H3. The minimum Gasteiger partial charge on any atom is -0.492 e. The molecule has 0 radical (unpaired) electrons. The summed E-state index contributed by atoms with van der Waals surface area (Å²) in [4.78, 5) is 0. The molecular weight excluding hydrogens is 234 g/mol. The van der Waals surface area contributed by atoms with Gasteiger partial charge in [-0.15, -0.1) is 0 Å². The van der Waals surface area contributed by atoms with E-state index in [4.69, 9.17) is 16.3 Å². The minimum absolute atomic E-state index is 0.571. The largest absolute Gasteiger partial charge is 0.492 e. The van der Waals surface area contributed by atoms with Crippen molar-refractivity contribution in [2.75, 3.05) is 11.9 Å². The predicted octanol–water partition coefficient (Wildman–Crippen LogP) is 4.48. The van der Waals surface area contributed by atoms with Crippen LogP contribution in [0.3, 0.4) is 0 Å². The van der Waals surface area contributed by atoms with Crippen molar-refractivity contribution in [1.82, 2.24) is 0 Å². The fourth-order valence-electron chi connectivity index (χ4n) is 2.36. The lowest BCUT2D eigenvalue weighted by Crippen LogP contribution is -2.22. The van der Waals surface area contributed by atoms with E-state index in [1.54, 1.807) is 0 Å². The molecule has 0 saturated heterocycles. The lowest BCUT2D eigenvalue weighted by atomic mass is 9.95. The zero-order chi connectivity index (χ0) is 12.1. The second-order valence-corrected chi connectivity index (χ2v) is 4.99. The molecule has 0 unspecified atom stereocenters. The van der Waals surface area contributed by atoms with Gasteiger partial charge in [0, 0.05) is 11.1 Å². The molecule has 0 aromatic heterocycles. The quantitative estimate of drug-likeness (QED) is 0.854. The predicted molar refractivity (Wildman–Crippen MR) is 73.1 cm³/mol. The van der Waals surface area contributed by atoms with Gasteiger partial charge in [-0.25, -0.2) is 0 Å². The molecule has 1 aliphatic carbocycles. The van der Waals surface area contributed by atoms with E-state index in [9.17, 15) is 0 Å². The van der Waals surface area contributed by atoms with Gasteiger partial charge in [-0.05, 0) is 38.0 Å². The molecule has 1 fully saturated rings. The van der Waals surface area contributed by atoms with Crippen LogP contribution in [0.4, 0.5) is 5.69 Å². The third-order valence-corrected chi connectivity index (χ3v) is 3.44. The van der Waals surface area contributed by atoms with E-state index in [1.165, 1.54) is 32.1 Å². The number of anilines is 1. The summed E-state index contributed by atoms with van der Waals surface area (Å²) in [7, 11) is 0. The Kier molecular flexibility index (Phi) is 4.55. The molecule has 1 aliphatic rings. The molecular formula is C14H20ClNO. The average molecular weight is 254 g/mol. The van der Waals surface area contributed by atoms with Gasteiger partial charge in [0.2, 0.25) is 0 Å². The van der Waals surface area contributed by atoms with Crippen LogP contribution >= 0.6 is 11.6 Å². The number of benzene rings is 1. The monoisotopic (exact) mass is 253 g/mol. The Morgan fingerprint density at radius 1 is 1.29 bits per heavy atom. The summed E-state index contributed by atoms with van der Waals surface area (Å²) in [6.45, 7) is 2.68. The minimum atomic E-state index is 0.571. The molecule has 94 valence electrons. The molecule has 1 saturated carbocycles. The number of rotatable bonds is 4. The van der Waals surface area contributed by atoms with Crippen LogP contribution in [0.15, 0.2) is 18.2 Å². The molecule has 0 spiro atoms. The maximum Gasteiger partial charge on any atom is 0.142 e. The Morgan fingerprint density at radius 2 is 2.06 bits per heavy atom. The zero-order valence-corrected chi connectivity index (χ0v) is 11.1. The van der Waals surface area contributed by atoms with Crippen LogP contribution in [-0.2, 0) is 0 Å². The number of hydrogen-bond acceptors (Lipinski definition) is 2. The molecule has 0 aliphatic heterocycles. The van der Waals surface area contributed by atoms with Gasteiger partial charge < -0.3 is 10.1 Å². The van der Waals surface area contributed by atoms with Crippen molar-refractivity contribution >= 4 is 17.3 Å².